The van der Waals surface area contributed by atoms with E-state index in [0.29, 0.717) is 10.0 Å². The first-order valence-corrected chi connectivity index (χ1v) is 9.00. The van der Waals surface area contributed by atoms with Gasteiger partial charge in [-0.05, 0) is 46.1 Å². The minimum Gasteiger partial charge on any atom is -0.225 e. The van der Waals surface area contributed by atoms with Gasteiger partial charge in [0.2, 0.25) is 10.0 Å². The number of halogens is 1. The molecule has 21 heavy (non-hydrogen) atoms. The average Bonchev–Trinajstić information content (AvgIpc) is 2.92. The molecular weight excluding hydrogens is 374 g/mol. The minimum absolute atomic E-state index is 0.0904. The van der Waals surface area contributed by atoms with E-state index in [0.717, 1.165) is 33.9 Å². The fraction of sp³-hybridized carbons (Fsp3) is 0.0769. The third kappa shape index (κ3) is 2.48. The zero-order chi connectivity index (χ0) is 15.2. The van der Waals surface area contributed by atoms with Crippen molar-refractivity contribution in [3.05, 3.63) is 40.4 Å². The molecule has 0 unspecified atom stereocenters. The summed E-state index contributed by atoms with van der Waals surface area (Å²) in [6.45, 7) is 1.92. The van der Waals surface area contributed by atoms with Crippen LogP contribution in [-0.2, 0) is 10.0 Å². The summed E-state index contributed by atoms with van der Waals surface area (Å²) in [5.41, 5.74) is 3.74. The van der Waals surface area contributed by atoms with E-state index in [1.807, 2.05) is 13.0 Å². The van der Waals surface area contributed by atoms with Gasteiger partial charge in [-0.2, -0.15) is 8.75 Å². The van der Waals surface area contributed by atoms with Gasteiger partial charge < -0.3 is 0 Å². The molecule has 2 N–H and O–H groups in total. The topological polar surface area (TPSA) is 85.9 Å². The molecule has 8 heteroatoms. The van der Waals surface area contributed by atoms with Crippen LogP contribution in [0.25, 0.3) is 22.2 Å². The molecule has 0 amide bonds. The van der Waals surface area contributed by atoms with Crippen molar-refractivity contribution in [1.29, 1.82) is 0 Å². The highest BCUT2D eigenvalue weighted by molar-refractivity contribution is 9.10. The van der Waals surface area contributed by atoms with Crippen molar-refractivity contribution >= 4 is 48.7 Å². The van der Waals surface area contributed by atoms with Crippen LogP contribution in [0.5, 0.6) is 0 Å². The van der Waals surface area contributed by atoms with Crippen LogP contribution in [0.1, 0.15) is 5.56 Å². The van der Waals surface area contributed by atoms with Crippen molar-refractivity contribution in [3.8, 4) is 11.1 Å². The van der Waals surface area contributed by atoms with E-state index in [1.54, 1.807) is 18.2 Å². The molecule has 108 valence electrons. The first-order chi connectivity index (χ1) is 9.89. The molecule has 0 spiro atoms. The number of primary sulfonamides is 1. The first kappa shape index (κ1) is 14.6. The van der Waals surface area contributed by atoms with Crippen LogP contribution in [0.3, 0.4) is 0 Å². The standard InChI is InChI=1S/C13H10BrN3O2S2/c1-7-6-9(11(14)13-12(7)16-20-17-13)8-4-2-3-5-10(8)21(15,18)19/h2-6H,1H3,(H2,15,18,19). The number of hydrogen-bond acceptors (Lipinski definition) is 5. The SMILES string of the molecule is Cc1cc(-c2ccccc2S(N)(=O)=O)c(Br)c2nsnc12. The van der Waals surface area contributed by atoms with Crippen LogP contribution >= 0.6 is 27.7 Å². The van der Waals surface area contributed by atoms with Crippen LogP contribution in [0, 0.1) is 6.92 Å². The second-order valence-corrected chi connectivity index (χ2v) is 7.41. The predicted octanol–water partition coefficient (Wildman–Crippen LogP) is 3.08. The third-order valence-electron chi connectivity index (χ3n) is 3.15. The van der Waals surface area contributed by atoms with Gasteiger partial charge in [0.05, 0.1) is 21.1 Å². The van der Waals surface area contributed by atoms with E-state index < -0.39 is 10.0 Å². The van der Waals surface area contributed by atoms with Crippen molar-refractivity contribution in [3.63, 3.8) is 0 Å². The number of fused-ring (bicyclic) bond motifs is 1. The van der Waals surface area contributed by atoms with E-state index in [9.17, 15) is 8.42 Å². The maximum atomic E-state index is 11.8. The number of hydrogen-bond donors (Lipinski definition) is 1. The lowest BCUT2D eigenvalue weighted by atomic mass is 10.0. The second-order valence-electron chi connectivity index (χ2n) is 4.56. The van der Waals surface area contributed by atoms with Crippen LogP contribution < -0.4 is 5.14 Å². The summed E-state index contributed by atoms with van der Waals surface area (Å²) in [5.74, 6) is 0. The van der Waals surface area contributed by atoms with Gasteiger partial charge in [0.25, 0.3) is 0 Å². The number of sulfonamides is 1. The highest BCUT2D eigenvalue weighted by Gasteiger charge is 2.19. The monoisotopic (exact) mass is 383 g/mol. The van der Waals surface area contributed by atoms with E-state index in [-0.39, 0.29) is 4.90 Å². The second kappa shape index (κ2) is 5.13. The quantitative estimate of drug-likeness (QED) is 0.736. The summed E-state index contributed by atoms with van der Waals surface area (Å²) in [7, 11) is -3.81. The fourth-order valence-corrected chi connectivity index (χ4v) is 4.29. The Morgan fingerprint density at radius 1 is 1.14 bits per heavy atom. The van der Waals surface area contributed by atoms with Crippen molar-refractivity contribution in [2.24, 2.45) is 5.14 Å². The Morgan fingerprint density at radius 2 is 1.81 bits per heavy atom. The van der Waals surface area contributed by atoms with Crippen LogP contribution in [0.4, 0.5) is 0 Å². The molecule has 2 aromatic carbocycles. The molecule has 1 heterocycles. The summed E-state index contributed by atoms with van der Waals surface area (Å²) >= 11 is 4.62. The van der Waals surface area contributed by atoms with E-state index in [2.05, 4.69) is 24.7 Å². The van der Waals surface area contributed by atoms with Crippen molar-refractivity contribution in [2.45, 2.75) is 11.8 Å². The highest BCUT2D eigenvalue weighted by Crippen LogP contribution is 2.38. The molecule has 0 aliphatic carbocycles. The van der Waals surface area contributed by atoms with Crippen LogP contribution in [0.15, 0.2) is 39.7 Å². The predicted molar refractivity (Wildman–Crippen MR) is 86.7 cm³/mol. The molecule has 5 nitrogen and oxygen atoms in total. The van der Waals surface area contributed by atoms with Crippen molar-refractivity contribution < 1.29 is 8.42 Å². The summed E-state index contributed by atoms with van der Waals surface area (Å²) in [4.78, 5) is 0.0904. The van der Waals surface area contributed by atoms with Crippen LogP contribution in [0.2, 0.25) is 0 Å². The lowest BCUT2D eigenvalue weighted by Crippen LogP contribution is -2.13. The molecule has 0 saturated heterocycles. The molecule has 1 aromatic heterocycles. The summed E-state index contributed by atoms with van der Waals surface area (Å²) in [5, 5.41) is 5.31. The first-order valence-electron chi connectivity index (χ1n) is 5.93. The van der Waals surface area contributed by atoms with Gasteiger partial charge >= 0.3 is 0 Å². The minimum atomic E-state index is -3.81. The number of nitrogens with two attached hydrogens (primary N) is 1. The fourth-order valence-electron chi connectivity index (χ4n) is 2.20. The molecule has 0 aliphatic heterocycles. The Labute approximate surface area is 134 Å². The van der Waals surface area contributed by atoms with Gasteiger partial charge in [0.15, 0.2) is 0 Å². The maximum Gasteiger partial charge on any atom is 0.238 e. The van der Waals surface area contributed by atoms with Gasteiger partial charge in [-0.1, -0.05) is 18.2 Å². The number of rotatable bonds is 2. The van der Waals surface area contributed by atoms with Crippen LogP contribution in [-0.4, -0.2) is 17.2 Å². The Hall–Kier alpha value is -1.35. The molecule has 0 bridgehead atoms. The Bertz CT molecular complexity index is 951. The van der Waals surface area contributed by atoms with Gasteiger partial charge in [0, 0.05) is 5.56 Å². The summed E-state index contributed by atoms with van der Waals surface area (Å²) in [6, 6.07) is 8.53. The van der Waals surface area contributed by atoms with Gasteiger partial charge in [-0.3, -0.25) is 0 Å². The summed E-state index contributed by atoms with van der Waals surface area (Å²) < 4.78 is 32.8. The van der Waals surface area contributed by atoms with Gasteiger partial charge in [-0.15, -0.1) is 0 Å². The molecular formula is C13H10BrN3O2S2. The van der Waals surface area contributed by atoms with Gasteiger partial charge in [0.1, 0.15) is 11.0 Å². The molecule has 0 saturated carbocycles. The lowest BCUT2D eigenvalue weighted by molar-refractivity contribution is 0.598. The highest BCUT2D eigenvalue weighted by atomic mass is 79.9. The average molecular weight is 384 g/mol. The molecule has 3 rings (SSSR count). The molecule has 3 aromatic rings. The molecule has 0 fully saturated rings. The molecule has 0 aliphatic rings. The van der Waals surface area contributed by atoms with E-state index in [4.69, 9.17) is 5.14 Å². The smallest absolute Gasteiger partial charge is 0.225 e. The normalized spacial score (nSPS) is 12.0. The Balaban J connectivity index is 2.39. The van der Waals surface area contributed by atoms with E-state index in [1.165, 1.54) is 6.07 Å². The number of benzene rings is 2. The zero-order valence-electron chi connectivity index (χ0n) is 10.9. The molecule has 0 radical (unpaired) electrons. The van der Waals surface area contributed by atoms with Crippen molar-refractivity contribution in [2.75, 3.05) is 0 Å². The maximum absolute atomic E-state index is 11.8. The van der Waals surface area contributed by atoms with E-state index >= 15 is 0 Å². The molecule has 0 atom stereocenters. The number of aromatic nitrogens is 2. The number of aryl methyl sites for hydroxylation is 1. The number of nitrogens with zero attached hydrogens (tertiary/aromatic N) is 2. The summed E-state index contributed by atoms with van der Waals surface area (Å²) in [6.07, 6.45) is 0. The lowest BCUT2D eigenvalue weighted by Gasteiger charge is -2.11. The zero-order valence-corrected chi connectivity index (χ0v) is 14.1. The van der Waals surface area contributed by atoms with Gasteiger partial charge in [-0.25, -0.2) is 13.6 Å². The third-order valence-corrected chi connectivity index (χ3v) is 5.45. The van der Waals surface area contributed by atoms with Crippen molar-refractivity contribution in [1.82, 2.24) is 8.75 Å². The largest absolute Gasteiger partial charge is 0.238 e. The Kier molecular flexibility index (Phi) is 3.56. The Morgan fingerprint density at radius 3 is 2.52 bits per heavy atom.